The molecule has 1 aromatic rings. The van der Waals surface area contributed by atoms with Crippen LogP contribution in [0.2, 0.25) is 0 Å². The summed E-state index contributed by atoms with van der Waals surface area (Å²) in [6.45, 7) is 1.50. The number of nitrogen functional groups attached to an aromatic ring is 1. The summed E-state index contributed by atoms with van der Waals surface area (Å²) in [6, 6.07) is 1.90. The molecule has 6 heteroatoms. The number of aromatic nitrogens is 2. The fourth-order valence-corrected chi connectivity index (χ4v) is 4.80. The molecule has 0 radical (unpaired) electrons. The van der Waals surface area contributed by atoms with Crippen LogP contribution in [0.5, 0.6) is 0 Å². The Kier molecular flexibility index (Phi) is 3.34. The van der Waals surface area contributed by atoms with Crippen LogP contribution in [0.4, 0.5) is 5.95 Å². The number of anilines is 1. The predicted molar refractivity (Wildman–Crippen MR) is 87.4 cm³/mol. The van der Waals surface area contributed by atoms with Crippen molar-refractivity contribution >= 4 is 11.9 Å². The van der Waals surface area contributed by atoms with Crippen LogP contribution in [-0.4, -0.2) is 39.4 Å². The molecule has 124 valence electrons. The van der Waals surface area contributed by atoms with E-state index < -0.39 is 5.54 Å². The van der Waals surface area contributed by atoms with Gasteiger partial charge in [-0.2, -0.15) is 0 Å². The van der Waals surface area contributed by atoms with Gasteiger partial charge in [0.1, 0.15) is 0 Å². The summed E-state index contributed by atoms with van der Waals surface area (Å²) in [7, 11) is 0. The maximum atomic E-state index is 12.9. The number of nitrogens with zero attached hydrogens (tertiary/aromatic N) is 3. The highest BCUT2D eigenvalue weighted by atomic mass is 16.2. The molecule has 1 atom stereocenters. The number of hydrogen-bond acceptors (Lipinski definition) is 5. The van der Waals surface area contributed by atoms with E-state index in [1.54, 1.807) is 6.20 Å². The zero-order valence-electron chi connectivity index (χ0n) is 13.5. The van der Waals surface area contributed by atoms with Gasteiger partial charge in [0.2, 0.25) is 11.9 Å². The van der Waals surface area contributed by atoms with Gasteiger partial charge in [0.25, 0.3) is 0 Å². The topological polar surface area (TPSA) is 98.1 Å². The van der Waals surface area contributed by atoms with Gasteiger partial charge in [-0.05, 0) is 50.0 Å². The zero-order chi connectivity index (χ0) is 16.1. The van der Waals surface area contributed by atoms with E-state index in [9.17, 15) is 4.79 Å². The van der Waals surface area contributed by atoms with Crippen LogP contribution in [0, 0.1) is 5.41 Å². The smallest absolute Gasteiger partial charge is 0.242 e. The molecular formula is C17H25N5O. The molecule has 2 heterocycles. The summed E-state index contributed by atoms with van der Waals surface area (Å²) >= 11 is 0. The van der Waals surface area contributed by atoms with E-state index >= 15 is 0 Å². The van der Waals surface area contributed by atoms with Crippen molar-refractivity contribution in [3.63, 3.8) is 0 Å². The fourth-order valence-electron chi connectivity index (χ4n) is 4.80. The molecule has 2 aliphatic carbocycles. The Balaban J connectivity index is 1.44. The molecule has 0 bridgehead atoms. The van der Waals surface area contributed by atoms with Crippen molar-refractivity contribution < 1.29 is 4.79 Å². The van der Waals surface area contributed by atoms with Crippen molar-refractivity contribution in [2.45, 2.75) is 56.4 Å². The van der Waals surface area contributed by atoms with Crippen LogP contribution in [0.25, 0.3) is 0 Å². The van der Waals surface area contributed by atoms with Crippen molar-refractivity contribution in [1.82, 2.24) is 14.9 Å². The SMILES string of the molecule is Nc1nccc(C2CCCN(C(=O)C3(N)CC4(CCC4)C3)C2)n1. The second-order valence-electron chi connectivity index (χ2n) is 7.79. The number of carbonyl (C=O) groups excluding carboxylic acids is 1. The lowest BCUT2D eigenvalue weighted by atomic mass is 9.48. The van der Waals surface area contributed by atoms with Gasteiger partial charge in [-0.15, -0.1) is 0 Å². The molecule has 2 saturated carbocycles. The van der Waals surface area contributed by atoms with E-state index in [0.29, 0.717) is 17.9 Å². The minimum Gasteiger partial charge on any atom is -0.368 e. The molecule has 6 nitrogen and oxygen atoms in total. The molecule has 1 aliphatic heterocycles. The van der Waals surface area contributed by atoms with Crippen LogP contribution in [0.3, 0.4) is 0 Å². The van der Waals surface area contributed by atoms with Crippen molar-refractivity contribution in [3.05, 3.63) is 18.0 Å². The van der Waals surface area contributed by atoms with Gasteiger partial charge in [-0.1, -0.05) is 6.42 Å². The second-order valence-corrected chi connectivity index (χ2v) is 7.79. The molecule has 0 aromatic carbocycles. The van der Waals surface area contributed by atoms with Gasteiger partial charge in [0.05, 0.1) is 11.2 Å². The Bertz CT molecular complexity index is 619. The molecule has 3 fully saturated rings. The Morgan fingerprint density at radius 2 is 2.09 bits per heavy atom. The van der Waals surface area contributed by atoms with Gasteiger partial charge >= 0.3 is 0 Å². The molecule has 23 heavy (non-hydrogen) atoms. The Morgan fingerprint density at radius 3 is 2.74 bits per heavy atom. The lowest BCUT2D eigenvalue weighted by molar-refractivity contribution is -0.152. The number of rotatable bonds is 2. The number of nitrogens with two attached hydrogens (primary N) is 2. The molecule has 1 aromatic heterocycles. The average molecular weight is 315 g/mol. The van der Waals surface area contributed by atoms with Crippen LogP contribution < -0.4 is 11.5 Å². The molecule has 1 saturated heterocycles. The highest BCUT2D eigenvalue weighted by Gasteiger charge is 2.59. The van der Waals surface area contributed by atoms with Gasteiger partial charge in [-0.25, -0.2) is 9.97 Å². The lowest BCUT2D eigenvalue weighted by Crippen LogP contribution is -2.68. The Morgan fingerprint density at radius 1 is 1.30 bits per heavy atom. The highest BCUT2D eigenvalue weighted by Crippen LogP contribution is 2.60. The predicted octanol–water partition coefficient (Wildman–Crippen LogP) is 1.43. The first kappa shape index (κ1) is 14.9. The molecular weight excluding hydrogens is 290 g/mol. The summed E-state index contributed by atoms with van der Waals surface area (Å²) < 4.78 is 0. The van der Waals surface area contributed by atoms with Crippen LogP contribution >= 0.6 is 0 Å². The first-order valence-corrected chi connectivity index (χ1v) is 8.67. The molecule has 4 rings (SSSR count). The number of likely N-dealkylation sites (tertiary alicyclic amines) is 1. The maximum absolute atomic E-state index is 12.9. The van der Waals surface area contributed by atoms with Crippen molar-refractivity contribution in [3.8, 4) is 0 Å². The maximum Gasteiger partial charge on any atom is 0.242 e. The monoisotopic (exact) mass is 315 g/mol. The van der Waals surface area contributed by atoms with E-state index in [4.69, 9.17) is 11.5 Å². The second kappa shape index (κ2) is 5.16. The minimum absolute atomic E-state index is 0.141. The number of hydrogen-bond donors (Lipinski definition) is 2. The first-order valence-electron chi connectivity index (χ1n) is 8.67. The fraction of sp³-hybridized carbons (Fsp3) is 0.706. The third kappa shape index (κ3) is 2.49. The van der Waals surface area contributed by atoms with E-state index in [2.05, 4.69) is 9.97 Å². The van der Waals surface area contributed by atoms with E-state index in [1.165, 1.54) is 19.3 Å². The minimum atomic E-state index is -0.618. The quantitative estimate of drug-likeness (QED) is 0.860. The van der Waals surface area contributed by atoms with Crippen molar-refractivity contribution in [2.24, 2.45) is 11.1 Å². The molecule has 4 N–H and O–H groups in total. The van der Waals surface area contributed by atoms with Gasteiger partial charge in [0.15, 0.2) is 0 Å². The standard InChI is InChI=1S/C17H25N5O/c18-15-20-7-4-13(21-15)12-3-1-8-22(9-12)14(23)17(19)10-16(11-17)5-2-6-16/h4,7,12H,1-3,5-6,8-11,19H2,(H2,18,20,21). The third-order valence-electron chi connectivity index (χ3n) is 6.04. The van der Waals surface area contributed by atoms with Gasteiger partial charge < -0.3 is 16.4 Å². The molecule has 1 unspecified atom stereocenters. The van der Waals surface area contributed by atoms with Crippen LogP contribution in [-0.2, 0) is 4.79 Å². The molecule has 3 aliphatic rings. The average Bonchev–Trinajstić information content (AvgIpc) is 2.49. The zero-order valence-corrected chi connectivity index (χ0v) is 13.5. The lowest BCUT2D eigenvalue weighted by Gasteiger charge is -2.59. The van der Waals surface area contributed by atoms with Crippen molar-refractivity contribution in [1.29, 1.82) is 0 Å². The molecule has 1 amide bonds. The normalized spacial score (nSPS) is 28.0. The Hall–Kier alpha value is -1.69. The van der Waals surface area contributed by atoms with Crippen LogP contribution in [0.1, 0.15) is 56.6 Å². The Labute approximate surface area is 136 Å². The number of carbonyl (C=O) groups is 1. The largest absolute Gasteiger partial charge is 0.368 e. The summed E-state index contributed by atoms with van der Waals surface area (Å²) in [5.41, 5.74) is 12.8. The summed E-state index contributed by atoms with van der Waals surface area (Å²) in [5.74, 6) is 0.674. The molecule has 1 spiro atoms. The van der Waals surface area contributed by atoms with Gasteiger partial charge in [0, 0.05) is 25.2 Å². The number of piperidine rings is 1. The first-order chi connectivity index (χ1) is 11.0. The van der Waals surface area contributed by atoms with Crippen molar-refractivity contribution in [2.75, 3.05) is 18.8 Å². The van der Waals surface area contributed by atoms with Gasteiger partial charge in [-0.3, -0.25) is 4.79 Å². The van der Waals surface area contributed by atoms with Crippen LogP contribution in [0.15, 0.2) is 12.3 Å². The van der Waals surface area contributed by atoms with E-state index in [-0.39, 0.29) is 11.8 Å². The van der Waals surface area contributed by atoms with E-state index in [1.807, 2.05) is 11.0 Å². The summed E-state index contributed by atoms with van der Waals surface area (Å²) in [4.78, 5) is 23.2. The van der Waals surface area contributed by atoms with E-state index in [0.717, 1.165) is 37.9 Å². The summed E-state index contributed by atoms with van der Waals surface area (Å²) in [6.07, 6.45) is 9.26. The number of amides is 1. The summed E-state index contributed by atoms with van der Waals surface area (Å²) in [5, 5.41) is 0. The third-order valence-corrected chi connectivity index (χ3v) is 6.04. The highest BCUT2D eigenvalue weighted by molar-refractivity contribution is 5.87.